The van der Waals surface area contributed by atoms with Crippen LogP contribution in [0.4, 0.5) is 0 Å². The summed E-state index contributed by atoms with van der Waals surface area (Å²) in [6, 6.07) is 7.03. The van der Waals surface area contributed by atoms with Crippen LogP contribution in [-0.4, -0.2) is 60.3 Å². The first-order valence-electron chi connectivity index (χ1n) is 10.1. The summed E-state index contributed by atoms with van der Waals surface area (Å²) in [5, 5.41) is 10.4. The Hall–Kier alpha value is -1.10. The highest BCUT2D eigenvalue weighted by Crippen LogP contribution is 2.33. The summed E-state index contributed by atoms with van der Waals surface area (Å²) >= 11 is 0. The van der Waals surface area contributed by atoms with Gasteiger partial charge in [-0.3, -0.25) is 4.90 Å². The lowest BCUT2D eigenvalue weighted by molar-refractivity contribution is 0.0341. The van der Waals surface area contributed by atoms with Gasteiger partial charge in [-0.25, -0.2) is 0 Å². The molecule has 3 fully saturated rings. The molecule has 1 N–H and O–H groups in total. The molecule has 3 aliphatic heterocycles. The van der Waals surface area contributed by atoms with Crippen LogP contribution in [0.15, 0.2) is 18.2 Å². The Bertz CT molecular complexity index is 571. The number of fused-ring (bicyclic) bond motifs is 1. The Kier molecular flexibility index (Phi) is 5.59. The Morgan fingerprint density at radius 3 is 2.80 bits per heavy atom. The van der Waals surface area contributed by atoms with Crippen LogP contribution >= 0.6 is 0 Å². The van der Waals surface area contributed by atoms with Crippen LogP contribution in [0.25, 0.3) is 0 Å². The minimum atomic E-state index is 0.483. The Labute approximate surface area is 151 Å². The number of hydrogen-bond donors (Lipinski definition) is 1. The van der Waals surface area contributed by atoms with Crippen molar-refractivity contribution in [2.24, 2.45) is 5.92 Å². The average molecular weight is 344 g/mol. The molecule has 2 atom stereocenters. The number of rotatable bonds is 4. The van der Waals surface area contributed by atoms with Crippen molar-refractivity contribution in [3.8, 4) is 5.75 Å². The average Bonchev–Trinajstić information content (AvgIpc) is 2.65. The van der Waals surface area contributed by atoms with E-state index in [1.807, 2.05) is 6.07 Å². The van der Waals surface area contributed by atoms with Crippen molar-refractivity contribution >= 4 is 0 Å². The van der Waals surface area contributed by atoms with Gasteiger partial charge < -0.3 is 14.7 Å². The fourth-order valence-corrected chi connectivity index (χ4v) is 4.89. The zero-order chi connectivity index (χ0) is 17.1. The Morgan fingerprint density at radius 2 is 1.92 bits per heavy atom. The number of nitrogens with zero attached hydrogens (tertiary/aromatic N) is 2. The third-order valence-electron chi connectivity index (χ3n) is 6.34. The number of hydrogen-bond acceptors (Lipinski definition) is 4. The van der Waals surface area contributed by atoms with Gasteiger partial charge in [-0.2, -0.15) is 0 Å². The number of piperidine rings is 2. The molecule has 1 aromatic carbocycles. The molecule has 1 aromatic rings. The molecule has 138 valence electrons. The van der Waals surface area contributed by atoms with Gasteiger partial charge in [-0.15, -0.1) is 0 Å². The van der Waals surface area contributed by atoms with Gasteiger partial charge >= 0.3 is 0 Å². The van der Waals surface area contributed by atoms with Crippen LogP contribution in [-0.2, 0) is 17.7 Å². The van der Waals surface area contributed by atoms with Gasteiger partial charge in [0.15, 0.2) is 0 Å². The Morgan fingerprint density at radius 1 is 1.04 bits per heavy atom. The highest BCUT2D eigenvalue weighted by Gasteiger charge is 2.30. The molecule has 0 aromatic heterocycles. The van der Waals surface area contributed by atoms with E-state index < -0.39 is 0 Å². The Balaban J connectivity index is 1.38. The molecule has 0 spiro atoms. The number of phenols is 1. The fourth-order valence-electron chi connectivity index (χ4n) is 4.89. The highest BCUT2D eigenvalue weighted by atomic mass is 16.5. The molecule has 0 saturated carbocycles. The number of aromatic hydroxyl groups is 1. The molecule has 4 heteroatoms. The number of benzene rings is 1. The van der Waals surface area contributed by atoms with E-state index in [2.05, 4.69) is 21.9 Å². The van der Waals surface area contributed by atoms with Gasteiger partial charge in [0.05, 0.1) is 13.2 Å². The van der Waals surface area contributed by atoms with E-state index in [1.165, 1.54) is 50.8 Å². The second-order valence-corrected chi connectivity index (χ2v) is 8.13. The smallest absolute Gasteiger partial charge is 0.118 e. The van der Waals surface area contributed by atoms with E-state index in [-0.39, 0.29) is 0 Å². The lowest BCUT2D eigenvalue weighted by Crippen LogP contribution is -2.45. The first kappa shape index (κ1) is 17.3. The van der Waals surface area contributed by atoms with Crippen molar-refractivity contribution in [1.29, 1.82) is 0 Å². The minimum Gasteiger partial charge on any atom is -0.508 e. The molecule has 4 nitrogen and oxygen atoms in total. The molecular weight excluding hydrogens is 312 g/mol. The normalized spacial score (nSPS) is 28.6. The quantitative estimate of drug-likeness (QED) is 0.911. The van der Waals surface area contributed by atoms with Gasteiger partial charge in [-0.05, 0) is 68.3 Å². The van der Waals surface area contributed by atoms with Gasteiger partial charge in [-0.1, -0.05) is 18.6 Å². The molecule has 3 saturated heterocycles. The standard InChI is InChI=1S/C21H32N2O2/c24-21-5-4-18(16-22-9-11-25-12-10-22)14-19(21)13-17-6-8-23-7-2-1-3-20(23)15-17/h4-5,14,17,20,24H,1-3,6-13,15-16H2. The molecule has 4 rings (SSSR count). The molecule has 0 aliphatic carbocycles. The number of morpholine rings is 1. The molecule has 0 bridgehead atoms. The maximum absolute atomic E-state index is 10.4. The van der Waals surface area contributed by atoms with E-state index in [0.29, 0.717) is 5.75 Å². The topological polar surface area (TPSA) is 35.9 Å². The summed E-state index contributed by atoms with van der Waals surface area (Å²) in [6.07, 6.45) is 7.78. The molecule has 0 amide bonds. The second kappa shape index (κ2) is 8.07. The zero-order valence-corrected chi connectivity index (χ0v) is 15.3. The fraction of sp³-hybridized carbons (Fsp3) is 0.714. The summed E-state index contributed by atoms with van der Waals surface area (Å²) in [7, 11) is 0. The summed E-state index contributed by atoms with van der Waals surface area (Å²) in [6.45, 7) is 7.22. The van der Waals surface area contributed by atoms with Crippen LogP contribution in [0.2, 0.25) is 0 Å². The first-order chi connectivity index (χ1) is 12.3. The van der Waals surface area contributed by atoms with Gasteiger partial charge in [0, 0.05) is 25.7 Å². The van der Waals surface area contributed by atoms with Gasteiger partial charge in [0.25, 0.3) is 0 Å². The first-order valence-corrected chi connectivity index (χ1v) is 10.1. The second-order valence-electron chi connectivity index (χ2n) is 8.13. The molecule has 3 aliphatic rings. The van der Waals surface area contributed by atoms with Crippen molar-refractivity contribution in [1.82, 2.24) is 9.80 Å². The third-order valence-corrected chi connectivity index (χ3v) is 6.34. The minimum absolute atomic E-state index is 0.483. The zero-order valence-electron chi connectivity index (χ0n) is 15.3. The van der Waals surface area contributed by atoms with Crippen molar-refractivity contribution in [3.05, 3.63) is 29.3 Å². The number of ether oxygens (including phenoxy) is 1. The van der Waals surface area contributed by atoms with E-state index in [9.17, 15) is 5.11 Å². The van der Waals surface area contributed by atoms with Crippen LogP contribution in [0, 0.1) is 5.92 Å². The van der Waals surface area contributed by atoms with Gasteiger partial charge in [0.2, 0.25) is 0 Å². The maximum atomic E-state index is 10.4. The molecular formula is C21H32N2O2. The largest absolute Gasteiger partial charge is 0.508 e. The SMILES string of the molecule is Oc1ccc(CN2CCOCC2)cc1CC1CCN2CCCCC2C1. The van der Waals surface area contributed by atoms with E-state index >= 15 is 0 Å². The van der Waals surface area contributed by atoms with E-state index in [4.69, 9.17) is 4.74 Å². The van der Waals surface area contributed by atoms with Crippen molar-refractivity contribution < 1.29 is 9.84 Å². The monoisotopic (exact) mass is 344 g/mol. The summed E-state index contributed by atoms with van der Waals surface area (Å²) in [4.78, 5) is 5.15. The molecule has 25 heavy (non-hydrogen) atoms. The predicted octanol–water partition coefficient (Wildman–Crippen LogP) is 3.03. The van der Waals surface area contributed by atoms with Crippen LogP contribution in [0.1, 0.15) is 43.2 Å². The lowest BCUT2D eigenvalue weighted by atomic mass is 9.82. The third kappa shape index (κ3) is 4.36. The lowest BCUT2D eigenvalue weighted by Gasteiger charge is -2.42. The summed E-state index contributed by atoms with van der Waals surface area (Å²) < 4.78 is 5.44. The van der Waals surface area contributed by atoms with Crippen molar-refractivity contribution in [2.45, 2.75) is 51.1 Å². The summed E-state index contributed by atoms with van der Waals surface area (Å²) in [5.41, 5.74) is 2.48. The highest BCUT2D eigenvalue weighted by molar-refractivity contribution is 5.36. The molecule has 3 heterocycles. The van der Waals surface area contributed by atoms with Gasteiger partial charge in [0.1, 0.15) is 5.75 Å². The van der Waals surface area contributed by atoms with Crippen molar-refractivity contribution in [3.63, 3.8) is 0 Å². The molecule has 2 unspecified atom stereocenters. The maximum Gasteiger partial charge on any atom is 0.118 e. The summed E-state index contributed by atoms with van der Waals surface area (Å²) in [5.74, 6) is 1.21. The number of phenolic OH excluding ortho intramolecular Hbond substituents is 1. The van der Waals surface area contributed by atoms with E-state index in [0.717, 1.165) is 56.8 Å². The van der Waals surface area contributed by atoms with E-state index in [1.54, 1.807) is 0 Å². The molecule has 0 radical (unpaired) electrons. The predicted molar refractivity (Wildman–Crippen MR) is 99.8 cm³/mol. The van der Waals surface area contributed by atoms with Crippen LogP contribution in [0.3, 0.4) is 0 Å². The van der Waals surface area contributed by atoms with Crippen LogP contribution in [0.5, 0.6) is 5.75 Å². The van der Waals surface area contributed by atoms with Crippen LogP contribution < -0.4 is 0 Å². The van der Waals surface area contributed by atoms with Crippen molar-refractivity contribution in [2.75, 3.05) is 39.4 Å².